The number of fused-ring (bicyclic) bond motifs is 3. The maximum atomic E-state index is 14.0. The molecule has 45 heavy (non-hydrogen) atoms. The molecule has 5 aromatic rings. The highest BCUT2D eigenvalue weighted by Crippen LogP contribution is 2.32. The van der Waals surface area contributed by atoms with E-state index in [2.05, 4.69) is 30.9 Å². The number of anilines is 1. The highest BCUT2D eigenvalue weighted by atomic mass is 19.1. The number of hydrogen-bond donors (Lipinski definition) is 3. The Kier molecular flexibility index (Phi) is 7.15. The lowest BCUT2D eigenvalue weighted by molar-refractivity contribution is 0.00981. The fraction of sp³-hybridized carbons (Fsp3) is 0.303. The number of benzene rings is 2. The predicted octanol–water partition coefficient (Wildman–Crippen LogP) is 4.37. The van der Waals surface area contributed by atoms with Crippen molar-refractivity contribution in [2.75, 3.05) is 39.0 Å². The molecule has 5 heterocycles. The number of likely N-dealkylation sites (tertiary alicyclic amines) is 1. The van der Waals surface area contributed by atoms with Crippen LogP contribution in [0.2, 0.25) is 0 Å². The predicted molar refractivity (Wildman–Crippen MR) is 165 cm³/mol. The minimum atomic E-state index is -0.843. The Morgan fingerprint density at radius 2 is 1.96 bits per heavy atom. The molecule has 232 valence electrons. The largest absolute Gasteiger partial charge is 0.433 e. The number of nitrogens with zero attached hydrogens (tertiary/aromatic N) is 5. The zero-order chi connectivity index (χ0) is 31.5. The second-order valence-electron chi connectivity index (χ2n) is 12.2. The topological polar surface area (TPSA) is 126 Å². The quantitative estimate of drug-likeness (QED) is 0.231. The van der Waals surface area contributed by atoms with Crippen LogP contribution >= 0.6 is 0 Å². The Hall–Kier alpha value is -4.65. The standard InChI is InChI=1S/C33H33F2N7O3/c1-19-12-29(45-31-24(34)4-3-5-25(31)35)37-15-28(19)42-32(36)23(14-38-42)30(43)27-13-22-21-8-10-41(16-20(21)6-7-26(22)39-27)18-33(44)9-11-40(2)17-33/h3-7,12-15,39,44H,8-11,16-18,36H2,1-2H3. The lowest BCUT2D eigenvalue weighted by Gasteiger charge is -2.34. The molecule has 0 spiro atoms. The number of carbonyl (C=O) groups excluding carboxylic acids is 1. The van der Waals surface area contributed by atoms with Gasteiger partial charge in [0.2, 0.25) is 17.4 Å². The van der Waals surface area contributed by atoms with Crippen LogP contribution in [0.25, 0.3) is 16.6 Å². The van der Waals surface area contributed by atoms with E-state index in [1.807, 2.05) is 19.2 Å². The second kappa shape index (κ2) is 11.1. The van der Waals surface area contributed by atoms with E-state index in [1.165, 1.54) is 40.3 Å². The number of halogens is 2. The molecule has 0 bridgehead atoms. The van der Waals surface area contributed by atoms with Crippen LogP contribution in [0.1, 0.15) is 39.2 Å². The average Bonchev–Trinajstić information content (AvgIpc) is 3.71. The van der Waals surface area contributed by atoms with Crippen LogP contribution in [0.3, 0.4) is 0 Å². The van der Waals surface area contributed by atoms with Gasteiger partial charge < -0.3 is 25.5 Å². The van der Waals surface area contributed by atoms with E-state index >= 15 is 0 Å². The molecule has 1 atom stereocenters. The van der Waals surface area contributed by atoms with E-state index in [0.717, 1.165) is 55.5 Å². The summed E-state index contributed by atoms with van der Waals surface area (Å²) in [5.41, 5.74) is 10.7. The highest BCUT2D eigenvalue weighted by molar-refractivity contribution is 6.12. The summed E-state index contributed by atoms with van der Waals surface area (Å²) < 4.78 is 34.8. The van der Waals surface area contributed by atoms with Crippen LogP contribution in [0, 0.1) is 18.6 Å². The van der Waals surface area contributed by atoms with Gasteiger partial charge in [0.1, 0.15) is 5.82 Å². The minimum absolute atomic E-state index is 0.00573. The summed E-state index contributed by atoms with van der Waals surface area (Å²) in [7, 11) is 2.04. The third-order valence-corrected chi connectivity index (χ3v) is 8.83. The number of aromatic amines is 1. The van der Waals surface area contributed by atoms with E-state index in [9.17, 15) is 18.7 Å². The molecule has 2 aliphatic heterocycles. The number of aliphatic hydroxyl groups is 1. The van der Waals surface area contributed by atoms with Gasteiger partial charge in [0, 0.05) is 49.7 Å². The van der Waals surface area contributed by atoms with Gasteiger partial charge in [0.15, 0.2) is 11.6 Å². The summed E-state index contributed by atoms with van der Waals surface area (Å²) in [6, 6.07) is 10.9. The fourth-order valence-electron chi connectivity index (χ4n) is 6.56. The highest BCUT2D eigenvalue weighted by Gasteiger charge is 2.37. The molecular weight excluding hydrogens is 580 g/mol. The van der Waals surface area contributed by atoms with Gasteiger partial charge in [-0.1, -0.05) is 12.1 Å². The molecule has 0 radical (unpaired) electrons. The van der Waals surface area contributed by atoms with Gasteiger partial charge in [-0.2, -0.15) is 5.10 Å². The van der Waals surface area contributed by atoms with Crippen molar-refractivity contribution < 1.29 is 23.4 Å². The smallest absolute Gasteiger partial charge is 0.219 e. The van der Waals surface area contributed by atoms with Gasteiger partial charge >= 0.3 is 0 Å². The molecule has 0 saturated carbocycles. The van der Waals surface area contributed by atoms with Gasteiger partial charge in [-0.15, -0.1) is 0 Å². The Labute approximate surface area is 258 Å². The molecule has 2 aliphatic rings. The number of nitrogen functional groups attached to an aromatic ring is 1. The summed E-state index contributed by atoms with van der Waals surface area (Å²) in [5.74, 6) is -2.40. The van der Waals surface area contributed by atoms with Crippen LogP contribution in [-0.2, 0) is 13.0 Å². The lowest BCUT2D eigenvalue weighted by Crippen LogP contribution is -2.46. The molecule has 4 N–H and O–H groups in total. The summed E-state index contributed by atoms with van der Waals surface area (Å²) in [4.78, 5) is 25.6. The molecule has 1 saturated heterocycles. The van der Waals surface area contributed by atoms with Crippen molar-refractivity contribution in [3.63, 3.8) is 0 Å². The number of ether oxygens (including phenoxy) is 1. The van der Waals surface area contributed by atoms with Crippen molar-refractivity contribution in [3.05, 3.63) is 94.4 Å². The number of H-pyrrole nitrogens is 1. The van der Waals surface area contributed by atoms with Gasteiger partial charge in [-0.3, -0.25) is 9.69 Å². The first kappa shape index (κ1) is 29.1. The number of para-hydroxylation sites is 1. The number of nitrogens with one attached hydrogen (secondary N) is 1. The third kappa shape index (κ3) is 5.34. The summed E-state index contributed by atoms with van der Waals surface area (Å²) >= 11 is 0. The van der Waals surface area contributed by atoms with Crippen molar-refractivity contribution in [3.8, 4) is 17.3 Å². The maximum absolute atomic E-state index is 14.0. The Bertz CT molecular complexity index is 1930. The third-order valence-electron chi connectivity index (χ3n) is 8.83. The van der Waals surface area contributed by atoms with E-state index in [0.29, 0.717) is 30.0 Å². The zero-order valence-corrected chi connectivity index (χ0v) is 25.0. The number of nitrogens with two attached hydrogens (primary N) is 1. The Balaban J connectivity index is 1.11. The molecule has 10 nitrogen and oxygen atoms in total. The number of likely N-dealkylation sites (N-methyl/N-ethyl adjacent to an activating group) is 1. The van der Waals surface area contributed by atoms with Gasteiger partial charge in [0.25, 0.3) is 0 Å². The number of rotatable bonds is 7. The number of hydrogen-bond acceptors (Lipinski definition) is 8. The summed E-state index contributed by atoms with van der Waals surface area (Å²) in [6.45, 7) is 5.56. The van der Waals surface area contributed by atoms with E-state index in [-0.39, 0.29) is 23.0 Å². The number of aryl methyl sites for hydroxylation is 1. The number of ketones is 1. The number of pyridine rings is 1. The molecule has 12 heteroatoms. The summed E-state index contributed by atoms with van der Waals surface area (Å²) in [6.07, 6.45) is 4.44. The van der Waals surface area contributed by atoms with Crippen molar-refractivity contribution in [1.29, 1.82) is 0 Å². The van der Waals surface area contributed by atoms with Crippen LogP contribution < -0.4 is 10.5 Å². The van der Waals surface area contributed by atoms with Crippen molar-refractivity contribution in [2.24, 2.45) is 0 Å². The Morgan fingerprint density at radius 1 is 1.16 bits per heavy atom. The monoisotopic (exact) mass is 613 g/mol. The van der Waals surface area contributed by atoms with Gasteiger partial charge in [-0.25, -0.2) is 18.4 Å². The summed E-state index contributed by atoms with van der Waals surface area (Å²) in [5, 5.41) is 16.4. The number of carbonyl (C=O) groups is 1. The van der Waals surface area contributed by atoms with E-state index in [1.54, 1.807) is 6.92 Å². The van der Waals surface area contributed by atoms with Crippen LogP contribution in [0.15, 0.2) is 54.9 Å². The zero-order valence-electron chi connectivity index (χ0n) is 25.0. The van der Waals surface area contributed by atoms with E-state index in [4.69, 9.17) is 10.5 Å². The second-order valence-corrected chi connectivity index (χ2v) is 12.2. The first-order valence-electron chi connectivity index (χ1n) is 14.8. The van der Waals surface area contributed by atoms with Crippen LogP contribution in [-0.4, -0.2) is 79.3 Å². The number of β-amino-alcohol motifs (C(OH)–C–C–N with tert-alkyl or cyclic N) is 1. The molecule has 7 rings (SSSR count). The molecular formula is C33H33F2N7O3. The van der Waals surface area contributed by atoms with Crippen LogP contribution in [0.4, 0.5) is 14.6 Å². The molecule has 1 unspecified atom stereocenters. The normalized spacial score (nSPS) is 18.9. The van der Waals surface area contributed by atoms with E-state index < -0.39 is 23.0 Å². The van der Waals surface area contributed by atoms with Crippen molar-refractivity contribution >= 4 is 22.5 Å². The first-order valence-corrected chi connectivity index (χ1v) is 14.8. The van der Waals surface area contributed by atoms with Crippen molar-refractivity contribution in [1.82, 2.24) is 29.5 Å². The Morgan fingerprint density at radius 3 is 2.69 bits per heavy atom. The minimum Gasteiger partial charge on any atom is -0.433 e. The molecule has 1 fully saturated rings. The fourth-order valence-corrected chi connectivity index (χ4v) is 6.56. The van der Waals surface area contributed by atoms with Gasteiger partial charge in [0.05, 0.1) is 34.9 Å². The molecule has 0 amide bonds. The molecule has 0 aliphatic carbocycles. The average molecular weight is 614 g/mol. The molecule has 2 aromatic carbocycles. The van der Waals surface area contributed by atoms with Gasteiger partial charge in [-0.05, 0) is 67.8 Å². The molecule has 3 aromatic heterocycles. The van der Waals surface area contributed by atoms with Crippen molar-refractivity contribution in [2.45, 2.75) is 31.9 Å². The first-order chi connectivity index (χ1) is 21.6. The number of aromatic nitrogens is 4. The SMILES string of the molecule is Cc1cc(Oc2c(F)cccc2F)ncc1-n1ncc(C(=O)c2cc3c4c(ccc3[nH]2)CN(CC2(O)CCN(C)C2)CC4)c1N. The van der Waals surface area contributed by atoms with Crippen LogP contribution in [0.5, 0.6) is 11.6 Å². The maximum Gasteiger partial charge on any atom is 0.219 e. The lowest BCUT2D eigenvalue weighted by atomic mass is 9.94.